The molecular formula is C64H57IrN3O2Si-2. The van der Waals surface area contributed by atoms with E-state index in [1.165, 1.54) is 38.5 Å². The van der Waals surface area contributed by atoms with Crippen molar-refractivity contribution < 1.29 is 30.3 Å². The Bertz CT molecular complexity index is 3940. The Kier molecular flexibility index (Phi) is 12.5. The third-order valence-corrected chi connectivity index (χ3v) is 15.7. The van der Waals surface area contributed by atoms with Crippen molar-refractivity contribution in [3.05, 3.63) is 193 Å². The first-order valence-corrected chi connectivity index (χ1v) is 27.9. The average Bonchev–Trinajstić information content (AvgIpc) is 4.06. The zero-order valence-corrected chi connectivity index (χ0v) is 45.1. The van der Waals surface area contributed by atoms with Gasteiger partial charge in [-0.25, -0.2) is 0 Å². The molecule has 0 aliphatic carbocycles. The van der Waals surface area contributed by atoms with Gasteiger partial charge in [-0.1, -0.05) is 163 Å². The number of rotatable bonds is 8. The van der Waals surface area contributed by atoms with Crippen molar-refractivity contribution in [2.45, 2.75) is 78.9 Å². The molecule has 0 saturated carbocycles. The summed E-state index contributed by atoms with van der Waals surface area (Å²) in [6.07, 6.45) is 1.98. The molecule has 4 heterocycles. The fourth-order valence-electron chi connectivity index (χ4n) is 10.1. The number of nitrogens with zero attached hydrogens (tertiary/aromatic N) is 3. The van der Waals surface area contributed by atoms with Gasteiger partial charge in [0.05, 0.1) is 30.5 Å². The fourth-order valence-corrected chi connectivity index (χ4v) is 11.7. The van der Waals surface area contributed by atoms with E-state index in [0.717, 1.165) is 88.5 Å². The Labute approximate surface area is 432 Å². The van der Waals surface area contributed by atoms with E-state index in [2.05, 4.69) is 178 Å². The molecule has 4 aromatic heterocycles. The van der Waals surface area contributed by atoms with Gasteiger partial charge in [-0.3, -0.25) is 4.98 Å². The molecule has 5 nitrogen and oxygen atoms in total. The molecule has 12 aromatic rings. The maximum absolute atomic E-state index is 8.44. The summed E-state index contributed by atoms with van der Waals surface area (Å²) in [5.41, 5.74) is 15.3. The Morgan fingerprint density at radius 3 is 1.93 bits per heavy atom. The molecule has 355 valence electrons. The van der Waals surface area contributed by atoms with Gasteiger partial charge < -0.3 is 18.4 Å². The van der Waals surface area contributed by atoms with Crippen molar-refractivity contribution in [1.29, 1.82) is 0 Å². The van der Waals surface area contributed by atoms with Gasteiger partial charge in [-0.15, -0.1) is 54.1 Å². The average molecular weight is 1120 g/mol. The topological polar surface area (TPSA) is 57.0 Å². The van der Waals surface area contributed by atoms with Crippen molar-refractivity contribution in [3.63, 3.8) is 0 Å². The van der Waals surface area contributed by atoms with E-state index in [1.54, 1.807) is 0 Å². The molecule has 0 bridgehead atoms. The van der Waals surface area contributed by atoms with E-state index in [-0.39, 0.29) is 31.9 Å². The summed E-state index contributed by atoms with van der Waals surface area (Å²) in [5, 5.41) is 7.76. The summed E-state index contributed by atoms with van der Waals surface area (Å²) < 4.78 is 24.0. The molecule has 71 heavy (non-hydrogen) atoms. The molecule has 0 aliphatic rings. The molecule has 0 unspecified atom stereocenters. The first kappa shape index (κ1) is 46.5. The molecule has 0 atom stereocenters. The zero-order valence-electron chi connectivity index (χ0n) is 42.7. The van der Waals surface area contributed by atoms with Crippen molar-refractivity contribution in [1.82, 2.24) is 14.5 Å². The van der Waals surface area contributed by atoms with Crippen LogP contribution in [-0.4, -0.2) is 22.6 Å². The molecule has 0 amide bonds. The summed E-state index contributed by atoms with van der Waals surface area (Å²) in [4.78, 5) is 10.1. The molecule has 0 spiro atoms. The number of furan rings is 2. The van der Waals surface area contributed by atoms with E-state index in [0.29, 0.717) is 0 Å². The Morgan fingerprint density at radius 2 is 1.24 bits per heavy atom. The largest absolute Gasteiger partial charge is 0.501 e. The fraction of sp³-hybridized carbons (Fsp3) is 0.188. The summed E-state index contributed by atoms with van der Waals surface area (Å²) in [5.74, 6) is 0.703. The van der Waals surface area contributed by atoms with Crippen LogP contribution in [-0.2, 0) is 20.1 Å². The minimum atomic E-state index is -1.50. The summed E-state index contributed by atoms with van der Waals surface area (Å²) in [6, 6.07) is 61.7. The summed E-state index contributed by atoms with van der Waals surface area (Å²) in [7, 11) is -1.50. The number of para-hydroxylation sites is 1. The molecule has 7 heteroatoms. The smallest absolute Gasteiger partial charge is 0.136 e. The van der Waals surface area contributed by atoms with Crippen LogP contribution in [0.2, 0.25) is 19.6 Å². The molecule has 12 rings (SSSR count). The standard InChI is InChI=1S/C47H35N2O2.C17H22NSi.Ir/c1-27(2)36-23-31(29-13-6-5-7-14-29)24-37(28(3)4)44(36)49-45-32-16-9-8-15-30(32)21-22-40(45)48-47(49)35-19-12-18-34-39-26-42-38(25-43(39)51-46(34)35)33-17-10-11-20-41(33)50-42;1-13(2)15-11-16(14-9-7-6-8-10-14)18-12-17(15)19(3,4)5;/h5-18,20-28H,1-4H3;6-9,11-13H,1-5H3;/q2*-1;/i;13D;. The van der Waals surface area contributed by atoms with Crippen LogP contribution in [0.1, 0.15) is 77.3 Å². The zero-order chi connectivity index (χ0) is 49.3. The van der Waals surface area contributed by atoms with E-state index in [9.17, 15) is 0 Å². The summed E-state index contributed by atoms with van der Waals surface area (Å²) in [6.45, 7) is 20.0. The van der Waals surface area contributed by atoms with Crippen LogP contribution >= 0.6 is 0 Å². The van der Waals surface area contributed by atoms with Gasteiger partial charge in [0.25, 0.3) is 0 Å². The number of pyridine rings is 1. The number of imidazole rings is 1. The van der Waals surface area contributed by atoms with Gasteiger partial charge >= 0.3 is 0 Å². The van der Waals surface area contributed by atoms with Crippen molar-refractivity contribution in [3.8, 4) is 39.5 Å². The molecule has 8 aromatic carbocycles. The molecule has 0 saturated heterocycles. The van der Waals surface area contributed by atoms with Crippen LogP contribution in [0.25, 0.3) is 105 Å². The van der Waals surface area contributed by atoms with Crippen LogP contribution in [0.3, 0.4) is 0 Å². The predicted octanol–water partition coefficient (Wildman–Crippen LogP) is 17.6. The normalized spacial score (nSPS) is 12.4. The van der Waals surface area contributed by atoms with Gasteiger partial charge in [0.15, 0.2) is 0 Å². The van der Waals surface area contributed by atoms with Crippen LogP contribution in [0.15, 0.2) is 173 Å². The second kappa shape index (κ2) is 19.0. The third kappa shape index (κ3) is 8.64. The van der Waals surface area contributed by atoms with E-state index < -0.39 is 14.0 Å². The number of hydrogen-bond acceptors (Lipinski definition) is 4. The van der Waals surface area contributed by atoms with Crippen molar-refractivity contribution in [2.75, 3.05) is 0 Å². The number of hydrogen-bond donors (Lipinski definition) is 0. The van der Waals surface area contributed by atoms with Crippen LogP contribution in [0.5, 0.6) is 0 Å². The van der Waals surface area contributed by atoms with Gasteiger partial charge in [0.1, 0.15) is 16.7 Å². The predicted molar refractivity (Wildman–Crippen MR) is 297 cm³/mol. The molecule has 0 aliphatic heterocycles. The quantitative estimate of drug-likeness (QED) is 0.112. The van der Waals surface area contributed by atoms with E-state index >= 15 is 0 Å². The van der Waals surface area contributed by atoms with E-state index in [4.69, 9.17) is 15.2 Å². The molecule has 1 radical (unpaired) electrons. The van der Waals surface area contributed by atoms with Crippen molar-refractivity contribution >= 4 is 78.9 Å². The number of benzene rings is 8. The van der Waals surface area contributed by atoms with Crippen LogP contribution < -0.4 is 5.19 Å². The number of aromatic nitrogens is 3. The summed E-state index contributed by atoms with van der Waals surface area (Å²) >= 11 is 0. The Balaban J connectivity index is 0.000000240. The third-order valence-electron chi connectivity index (χ3n) is 13.7. The van der Waals surface area contributed by atoms with Gasteiger partial charge in [0, 0.05) is 54.9 Å². The maximum atomic E-state index is 8.44. The first-order chi connectivity index (χ1) is 34.1. The van der Waals surface area contributed by atoms with Crippen LogP contribution in [0.4, 0.5) is 0 Å². The van der Waals surface area contributed by atoms with Gasteiger partial charge in [0.2, 0.25) is 0 Å². The Morgan fingerprint density at radius 1 is 0.577 bits per heavy atom. The van der Waals surface area contributed by atoms with Crippen LogP contribution in [0, 0.1) is 12.1 Å². The monoisotopic (exact) mass is 1120 g/mol. The number of fused-ring (bicyclic) bond motifs is 9. The Hall–Kier alpha value is -6.89. The minimum absolute atomic E-state index is 0. The van der Waals surface area contributed by atoms with Gasteiger partial charge in [-0.05, 0) is 92.6 Å². The molecule has 0 fully saturated rings. The minimum Gasteiger partial charge on any atom is -0.501 e. The first-order valence-electron chi connectivity index (χ1n) is 24.9. The second-order valence-electron chi connectivity index (χ2n) is 20.4. The van der Waals surface area contributed by atoms with Crippen molar-refractivity contribution in [2.24, 2.45) is 0 Å². The SMILES string of the molecule is CC(C)c1cc(-c2ccccc2)cc(C(C)C)c1-n1c(-c2[c-]ccc3c2oc2cc4c(cc23)oc2ccccc24)nc2ccc3ccccc3c21.[2H]C(C)(C)c1cc(-c2[c-]cccc2)ncc1[Si](C)(C)C.[Ir]. The maximum Gasteiger partial charge on any atom is 0.136 e. The van der Waals surface area contributed by atoms with E-state index in [1.807, 2.05) is 68.6 Å². The second-order valence-corrected chi connectivity index (χ2v) is 25.4. The molecular weight excluding hydrogens is 1060 g/mol. The van der Waals surface area contributed by atoms with Gasteiger partial charge in [-0.2, -0.15) is 0 Å². The molecule has 0 N–H and O–H groups in total.